The third kappa shape index (κ3) is 35.2. The maximum atomic E-state index is 13.2. The van der Waals surface area contributed by atoms with Crippen LogP contribution in [-0.4, -0.2) is 0 Å². The zero-order valence-electron chi connectivity index (χ0n) is 83.2. The largest absolute Gasteiger partial charge is 0.416 e. The SMILES string of the molecule is CC(C)(C)c1c(F)c(F)c(F)c(F)c1F.CC(C)(C)c1ccccc1.CC(C)(C)c1ccccc1C(F)(F)F.CC(C)C(C)(C)C.CC(C)C12CC3CC(CC(C3)C1)C2.CC(C)c1c(Cl)cccc1Cl.CC(C)c1cccc(C(C)C)c1C(C)C.CC(C)c1ccccc1C(C)(C)C.Cc1cc(C)cc(C(C)(C)C)c1.Cc1cccc(C)c1C(C)(C)C. The average Bonchev–Trinajstić information content (AvgIpc) is 0.744. The van der Waals surface area contributed by atoms with Crippen molar-refractivity contribution in [1.82, 2.24) is 0 Å². The Hall–Kier alpha value is -6.22. The standard InChI is InChI=1S/C15H24.C13H22.C13H20.2C12H18.C11H13F3.C10H9F5.C10H14.C9H10Cl2.C7H16/c1-10(2)13-8-7-9-14(11(3)4)15(13)12(5)6;1-9(2)13-6-10-3-11(7-13)5-12(4-10)8-13;1-10(2)11-8-6-7-9-12(11)13(3,4)5;1-9-6-10(2)8-11(7-9)12(3,4)5;1-9-7-6-8-10(2)11(9)12(3,4)5;1-10(2,3)8-6-4-5-7-9(8)11(12,13)14;1-10(2,3)4-5(11)7(13)9(15)8(14)6(4)12;1-10(2,3)9-7-5-4-6-8-9;1-6(2)9-7(10)4-3-5-8(9)11;1-6(2)7(3,4)5/h7-12H,1-6H3;9-12H,3-8H2,1-2H3;6-10H,1-5H3;2*6-8H,1-5H3;4-7H,1-3H3;1-3H3;4-8H,1-3H3;3-6H,1-2H3;6H,1-5H3. The summed E-state index contributed by atoms with van der Waals surface area (Å²) in [6.07, 6.45) is 5.25. The average molecular weight is 1730 g/mol. The molecule has 0 spiro atoms. The summed E-state index contributed by atoms with van der Waals surface area (Å²) in [6, 6.07) is 50.6. The number of halogens is 10. The normalized spacial score (nSPS) is 16.3. The van der Waals surface area contributed by atoms with Gasteiger partial charge in [0.1, 0.15) is 0 Å². The second-order valence-corrected chi connectivity index (χ2v) is 45.1. The number of aryl methyl sites for hydroxylation is 4. The lowest BCUT2D eigenvalue weighted by Crippen LogP contribution is -2.48. The first-order valence-electron chi connectivity index (χ1n) is 45.0. The molecule has 682 valence electrons. The molecular weight excluding hydrogens is 1570 g/mol. The summed E-state index contributed by atoms with van der Waals surface area (Å²) in [5, 5.41) is 1.51. The van der Waals surface area contributed by atoms with Crippen LogP contribution in [0.15, 0.2) is 152 Å². The van der Waals surface area contributed by atoms with E-state index in [0.29, 0.717) is 46.0 Å². The minimum absolute atomic E-state index is 0.265. The Labute approximate surface area is 750 Å². The van der Waals surface area contributed by atoms with Gasteiger partial charge in [-0.2, -0.15) is 13.2 Å². The highest BCUT2D eigenvalue weighted by atomic mass is 35.5. The molecule has 0 saturated heterocycles. The maximum Gasteiger partial charge on any atom is 0.416 e. The molecule has 10 heteroatoms. The summed E-state index contributed by atoms with van der Waals surface area (Å²) >= 11 is 11.9. The van der Waals surface area contributed by atoms with Crippen molar-refractivity contribution in [3.8, 4) is 0 Å². The van der Waals surface area contributed by atoms with Gasteiger partial charge in [-0.1, -0.05) is 410 Å². The predicted molar refractivity (Wildman–Crippen MR) is 518 cm³/mol. The van der Waals surface area contributed by atoms with E-state index in [1.54, 1.807) is 70.9 Å². The summed E-state index contributed by atoms with van der Waals surface area (Å²) in [7, 11) is 0. The van der Waals surface area contributed by atoms with Gasteiger partial charge in [0.25, 0.3) is 0 Å². The van der Waals surface area contributed by atoms with Crippen molar-refractivity contribution in [3.05, 3.63) is 280 Å². The van der Waals surface area contributed by atoms with Crippen LogP contribution in [0.25, 0.3) is 0 Å². The molecule has 4 bridgehead atoms. The smallest absolute Gasteiger partial charge is 0.203 e. The minimum Gasteiger partial charge on any atom is -0.203 e. The summed E-state index contributed by atoms with van der Waals surface area (Å²) in [5.74, 6) is -1.44. The first kappa shape index (κ1) is 112. The minimum atomic E-state index is -4.26. The number of rotatable bonds is 6. The van der Waals surface area contributed by atoms with E-state index in [-0.39, 0.29) is 16.2 Å². The summed E-state index contributed by atoms with van der Waals surface area (Å²) in [6.45, 7) is 83.8. The van der Waals surface area contributed by atoms with Crippen LogP contribution in [0.5, 0.6) is 0 Å². The third-order valence-corrected chi connectivity index (χ3v) is 24.6. The number of alkyl halides is 3. The molecule has 4 fully saturated rings. The van der Waals surface area contributed by atoms with Crippen molar-refractivity contribution in [2.24, 2.45) is 40.4 Å². The quantitative estimate of drug-likeness (QED) is 0.0884. The Morgan fingerprint density at radius 3 is 0.893 bits per heavy atom. The van der Waals surface area contributed by atoms with Crippen molar-refractivity contribution in [2.45, 2.75) is 377 Å². The van der Waals surface area contributed by atoms with Crippen LogP contribution in [-0.2, 0) is 38.7 Å². The highest BCUT2D eigenvalue weighted by molar-refractivity contribution is 6.36. The number of hydrogen-bond acceptors (Lipinski definition) is 0. The van der Waals surface area contributed by atoms with E-state index in [1.807, 2.05) is 18.2 Å². The molecule has 0 unspecified atom stereocenters. The fourth-order valence-electron chi connectivity index (χ4n) is 16.9. The first-order valence-corrected chi connectivity index (χ1v) is 45.8. The molecule has 8 aromatic carbocycles. The summed E-state index contributed by atoms with van der Waals surface area (Å²) in [5.41, 5.74) is 18.3. The van der Waals surface area contributed by atoms with Gasteiger partial charge in [-0.25, -0.2) is 22.0 Å². The third-order valence-electron chi connectivity index (χ3n) is 24.0. The van der Waals surface area contributed by atoms with Crippen LogP contribution in [0.1, 0.15) is 399 Å². The van der Waals surface area contributed by atoms with E-state index >= 15 is 0 Å². The van der Waals surface area contributed by atoms with Crippen LogP contribution < -0.4 is 0 Å². The Morgan fingerprint density at radius 2 is 0.623 bits per heavy atom. The molecule has 0 nitrogen and oxygen atoms in total. The molecule has 0 N–H and O–H groups in total. The molecule has 0 heterocycles. The van der Waals surface area contributed by atoms with E-state index in [0.717, 1.165) is 56.7 Å². The van der Waals surface area contributed by atoms with Gasteiger partial charge in [0, 0.05) is 15.6 Å². The molecule has 0 aliphatic heterocycles. The molecule has 122 heavy (non-hydrogen) atoms. The topological polar surface area (TPSA) is 0 Å². The number of hydrogen-bond donors (Lipinski definition) is 0. The fraction of sp³-hybridized carbons (Fsp3) is 0.571. The lowest BCUT2D eigenvalue weighted by molar-refractivity contribution is -0.138. The zero-order valence-corrected chi connectivity index (χ0v) is 84.7. The lowest BCUT2D eigenvalue weighted by atomic mass is 9.47. The molecule has 0 amide bonds. The summed E-state index contributed by atoms with van der Waals surface area (Å²) in [4.78, 5) is 0. The zero-order chi connectivity index (χ0) is 94.5. The van der Waals surface area contributed by atoms with E-state index in [2.05, 4.69) is 338 Å². The molecule has 8 aromatic rings. The molecule has 0 atom stereocenters. The van der Waals surface area contributed by atoms with E-state index in [4.69, 9.17) is 23.2 Å². The van der Waals surface area contributed by atoms with Crippen molar-refractivity contribution >= 4 is 23.2 Å². The van der Waals surface area contributed by atoms with E-state index in [9.17, 15) is 35.1 Å². The van der Waals surface area contributed by atoms with Gasteiger partial charge in [-0.15, -0.1) is 0 Å². The molecule has 0 aromatic heterocycles. The Morgan fingerprint density at radius 1 is 0.311 bits per heavy atom. The maximum absolute atomic E-state index is 13.2. The van der Waals surface area contributed by atoms with Gasteiger partial charge >= 0.3 is 6.18 Å². The van der Waals surface area contributed by atoms with Gasteiger partial charge in [-0.05, 0) is 254 Å². The van der Waals surface area contributed by atoms with Crippen molar-refractivity contribution in [1.29, 1.82) is 0 Å². The molecular formula is C112H164Cl2F8. The van der Waals surface area contributed by atoms with Gasteiger partial charge in [-0.3, -0.25) is 0 Å². The van der Waals surface area contributed by atoms with Crippen molar-refractivity contribution in [3.63, 3.8) is 0 Å². The fourth-order valence-corrected chi connectivity index (χ4v) is 17.7. The monoisotopic (exact) mass is 1730 g/mol. The van der Waals surface area contributed by atoms with Crippen LogP contribution >= 0.6 is 23.2 Å². The lowest BCUT2D eigenvalue weighted by Gasteiger charge is -2.58. The van der Waals surface area contributed by atoms with Crippen LogP contribution in [0, 0.1) is 97.2 Å². The van der Waals surface area contributed by atoms with Gasteiger partial charge in [0.15, 0.2) is 23.3 Å². The van der Waals surface area contributed by atoms with Gasteiger partial charge in [0.2, 0.25) is 5.82 Å². The summed E-state index contributed by atoms with van der Waals surface area (Å²) < 4.78 is 102. The predicted octanol–water partition coefficient (Wildman–Crippen LogP) is 37.7. The Bertz CT molecular complexity index is 4270. The first-order chi connectivity index (χ1) is 55.4. The highest BCUT2D eigenvalue weighted by Crippen LogP contribution is 2.62. The van der Waals surface area contributed by atoms with Gasteiger partial charge < -0.3 is 0 Å². The molecule has 4 saturated carbocycles. The van der Waals surface area contributed by atoms with Crippen LogP contribution in [0.2, 0.25) is 10.0 Å². The van der Waals surface area contributed by atoms with Crippen LogP contribution in [0.3, 0.4) is 0 Å². The van der Waals surface area contributed by atoms with Crippen molar-refractivity contribution in [2.75, 3.05) is 0 Å². The van der Waals surface area contributed by atoms with E-state index in [1.165, 1.54) is 94.1 Å². The van der Waals surface area contributed by atoms with E-state index < -0.39 is 57.2 Å². The molecule has 12 rings (SSSR count). The van der Waals surface area contributed by atoms with Crippen molar-refractivity contribution < 1.29 is 35.1 Å². The van der Waals surface area contributed by atoms with Gasteiger partial charge in [0.05, 0.1) is 5.56 Å². The second kappa shape index (κ2) is 47.0. The molecule has 4 aliphatic rings. The highest BCUT2D eigenvalue weighted by Gasteiger charge is 2.52. The Kier molecular flexibility index (Phi) is 43.1. The second-order valence-electron chi connectivity index (χ2n) is 44.3. The molecule has 0 radical (unpaired) electrons. The molecule has 4 aliphatic carbocycles. The van der Waals surface area contributed by atoms with Crippen LogP contribution in [0.4, 0.5) is 35.1 Å². The number of benzene rings is 8. The Balaban J connectivity index is 0.000000462.